The van der Waals surface area contributed by atoms with Crippen LogP contribution >= 0.6 is 0 Å². The summed E-state index contributed by atoms with van der Waals surface area (Å²) in [6, 6.07) is 8.51. The highest BCUT2D eigenvalue weighted by Gasteiger charge is 2.16. The van der Waals surface area contributed by atoms with Crippen molar-refractivity contribution >= 4 is 11.7 Å². The molecule has 0 radical (unpaired) electrons. The maximum atomic E-state index is 11.9. The summed E-state index contributed by atoms with van der Waals surface area (Å²) in [6.07, 6.45) is 8.24. The fraction of sp³-hybridized carbons (Fsp3) is 0.650. The van der Waals surface area contributed by atoms with Crippen LogP contribution in [0.4, 0.5) is 10.5 Å². The van der Waals surface area contributed by atoms with Gasteiger partial charge in [0, 0.05) is 24.3 Å². The highest BCUT2D eigenvalue weighted by Crippen LogP contribution is 2.27. The number of benzene rings is 1. The molecular formula is C20H33N3O. The molecule has 1 atom stereocenters. The van der Waals surface area contributed by atoms with Gasteiger partial charge < -0.3 is 16.0 Å². The van der Waals surface area contributed by atoms with E-state index in [1.165, 1.54) is 38.5 Å². The van der Waals surface area contributed by atoms with Crippen LogP contribution in [0.1, 0.15) is 64.9 Å². The Labute approximate surface area is 146 Å². The third kappa shape index (κ3) is 6.52. The third-order valence-corrected chi connectivity index (χ3v) is 4.74. The van der Waals surface area contributed by atoms with E-state index in [0.717, 1.165) is 23.7 Å². The molecule has 0 spiro atoms. The summed E-state index contributed by atoms with van der Waals surface area (Å²) in [5.41, 5.74) is 2.01. The lowest BCUT2D eigenvalue weighted by molar-refractivity contribution is 0.250. The van der Waals surface area contributed by atoms with Gasteiger partial charge in [0.25, 0.3) is 0 Å². The lowest BCUT2D eigenvalue weighted by Crippen LogP contribution is -2.34. The molecule has 3 N–H and O–H groups in total. The number of carbonyl (C=O) groups excluding carboxylic acids is 1. The van der Waals surface area contributed by atoms with Gasteiger partial charge in [-0.1, -0.05) is 50.3 Å². The van der Waals surface area contributed by atoms with Gasteiger partial charge in [-0.25, -0.2) is 4.79 Å². The molecular weight excluding hydrogens is 298 g/mol. The summed E-state index contributed by atoms with van der Waals surface area (Å²) in [7, 11) is 0. The average Bonchev–Trinajstić information content (AvgIpc) is 2.54. The number of hydrogen-bond acceptors (Lipinski definition) is 2. The molecule has 1 aliphatic carbocycles. The van der Waals surface area contributed by atoms with E-state index in [1.807, 2.05) is 32.0 Å². The van der Waals surface area contributed by atoms with Gasteiger partial charge in [-0.05, 0) is 44.7 Å². The Morgan fingerprint density at radius 1 is 1.12 bits per heavy atom. The van der Waals surface area contributed by atoms with Gasteiger partial charge in [0.2, 0.25) is 0 Å². The molecule has 134 valence electrons. The zero-order valence-electron chi connectivity index (χ0n) is 15.4. The maximum Gasteiger partial charge on any atom is 0.319 e. The van der Waals surface area contributed by atoms with Crippen LogP contribution in [-0.4, -0.2) is 18.1 Å². The minimum Gasteiger partial charge on any atom is -0.336 e. The summed E-state index contributed by atoms with van der Waals surface area (Å²) in [5.74, 6) is 0.881. The molecule has 1 fully saturated rings. The summed E-state index contributed by atoms with van der Waals surface area (Å²) >= 11 is 0. The molecule has 1 saturated carbocycles. The molecule has 0 bridgehead atoms. The number of rotatable bonds is 7. The lowest BCUT2D eigenvalue weighted by Gasteiger charge is -2.25. The van der Waals surface area contributed by atoms with Crippen LogP contribution in [0.2, 0.25) is 0 Å². The highest BCUT2D eigenvalue weighted by atomic mass is 16.2. The van der Waals surface area contributed by atoms with Crippen molar-refractivity contribution in [1.29, 1.82) is 0 Å². The van der Waals surface area contributed by atoms with Crippen molar-refractivity contribution in [3.63, 3.8) is 0 Å². The molecule has 1 aromatic rings. The summed E-state index contributed by atoms with van der Waals surface area (Å²) < 4.78 is 0. The zero-order chi connectivity index (χ0) is 17.4. The monoisotopic (exact) mass is 331 g/mol. The van der Waals surface area contributed by atoms with Gasteiger partial charge in [0.1, 0.15) is 0 Å². The van der Waals surface area contributed by atoms with E-state index in [0.29, 0.717) is 6.04 Å². The van der Waals surface area contributed by atoms with E-state index in [4.69, 9.17) is 0 Å². The topological polar surface area (TPSA) is 53.2 Å². The number of amides is 2. The normalized spacial score (nSPS) is 16.8. The number of hydrogen-bond donors (Lipinski definition) is 3. The second-order valence-corrected chi connectivity index (χ2v) is 7.43. The zero-order valence-corrected chi connectivity index (χ0v) is 15.4. The van der Waals surface area contributed by atoms with E-state index >= 15 is 0 Å². The molecule has 2 amide bonds. The van der Waals surface area contributed by atoms with Crippen LogP contribution in [0.5, 0.6) is 0 Å². The van der Waals surface area contributed by atoms with Crippen LogP contribution in [0.3, 0.4) is 0 Å². The standard InChI is InChI=1S/C20H33N3O/c1-15(2)22-20(24)23-19-12-8-7-11-18(19)14-21-16(3)13-17-9-5-4-6-10-17/h7-8,11-12,15-17,21H,4-6,9-10,13-14H2,1-3H3,(H2,22,23,24)/t16-/m0/s1. The van der Waals surface area contributed by atoms with Gasteiger partial charge in [-0.15, -0.1) is 0 Å². The first-order valence-electron chi connectivity index (χ1n) is 9.43. The van der Waals surface area contributed by atoms with Crippen LogP contribution in [0, 0.1) is 5.92 Å². The number of carbonyl (C=O) groups is 1. The molecule has 2 rings (SSSR count). The first kappa shape index (κ1) is 18.8. The molecule has 0 unspecified atom stereocenters. The fourth-order valence-corrected chi connectivity index (χ4v) is 3.51. The molecule has 24 heavy (non-hydrogen) atoms. The number of para-hydroxylation sites is 1. The minimum absolute atomic E-state index is 0.130. The van der Waals surface area contributed by atoms with Crippen LogP contribution in [0.25, 0.3) is 0 Å². The van der Waals surface area contributed by atoms with E-state index < -0.39 is 0 Å². The van der Waals surface area contributed by atoms with Crippen LogP contribution in [0.15, 0.2) is 24.3 Å². The molecule has 4 heteroatoms. The first-order valence-corrected chi connectivity index (χ1v) is 9.43. The molecule has 1 aromatic carbocycles. The minimum atomic E-state index is -0.146. The van der Waals surface area contributed by atoms with Gasteiger partial charge >= 0.3 is 6.03 Å². The Morgan fingerprint density at radius 3 is 2.54 bits per heavy atom. The molecule has 0 aromatic heterocycles. The van der Waals surface area contributed by atoms with Gasteiger partial charge in [-0.3, -0.25) is 0 Å². The van der Waals surface area contributed by atoms with Crippen molar-refractivity contribution in [2.45, 2.75) is 77.9 Å². The Balaban J connectivity index is 1.84. The Kier molecular flexibility index (Phi) is 7.57. The smallest absolute Gasteiger partial charge is 0.319 e. The molecule has 1 aliphatic rings. The van der Waals surface area contributed by atoms with Crippen molar-refractivity contribution < 1.29 is 4.79 Å². The van der Waals surface area contributed by atoms with Crippen molar-refractivity contribution in [3.05, 3.63) is 29.8 Å². The van der Waals surface area contributed by atoms with Crippen molar-refractivity contribution in [3.8, 4) is 0 Å². The van der Waals surface area contributed by atoms with E-state index in [-0.39, 0.29) is 12.1 Å². The summed E-state index contributed by atoms with van der Waals surface area (Å²) in [6.45, 7) is 6.97. The Morgan fingerprint density at radius 2 is 1.83 bits per heavy atom. The number of anilines is 1. The van der Waals surface area contributed by atoms with E-state index in [9.17, 15) is 4.79 Å². The number of nitrogens with one attached hydrogen (secondary N) is 3. The molecule has 4 nitrogen and oxygen atoms in total. The lowest BCUT2D eigenvalue weighted by atomic mass is 9.85. The Hall–Kier alpha value is -1.55. The maximum absolute atomic E-state index is 11.9. The van der Waals surface area contributed by atoms with Crippen molar-refractivity contribution in [2.24, 2.45) is 5.92 Å². The third-order valence-electron chi connectivity index (χ3n) is 4.74. The molecule has 0 saturated heterocycles. The van der Waals surface area contributed by atoms with Gasteiger partial charge in [0.05, 0.1) is 0 Å². The van der Waals surface area contributed by atoms with Crippen LogP contribution < -0.4 is 16.0 Å². The van der Waals surface area contributed by atoms with Gasteiger partial charge in [0.15, 0.2) is 0 Å². The van der Waals surface area contributed by atoms with E-state index in [2.05, 4.69) is 28.9 Å². The predicted octanol–water partition coefficient (Wildman–Crippen LogP) is 4.67. The fourth-order valence-electron chi connectivity index (χ4n) is 3.51. The average molecular weight is 332 g/mol. The van der Waals surface area contributed by atoms with E-state index in [1.54, 1.807) is 0 Å². The first-order chi connectivity index (χ1) is 11.5. The summed E-state index contributed by atoms with van der Waals surface area (Å²) in [4.78, 5) is 11.9. The van der Waals surface area contributed by atoms with Crippen LogP contribution in [-0.2, 0) is 6.54 Å². The number of urea groups is 1. The second-order valence-electron chi connectivity index (χ2n) is 7.43. The molecule has 0 aliphatic heterocycles. The van der Waals surface area contributed by atoms with Crippen molar-refractivity contribution in [1.82, 2.24) is 10.6 Å². The summed E-state index contributed by atoms with van der Waals surface area (Å²) in [5, 5.41) is 9.45. The molecule has 0 heterocycles. The Bertz CT molecular complexity index is 509. The highest BCUT2D eigenvalue weighted by molar-refractivity contribution is 5.90. The predicted molar refractivity (Wildman–Crippen MR) is 101 cm³/mol. The quantitative estimate of drug-likeness (QED) is 0.680. The van der Waals surface area contributed by atoms with Crippen molar-refractivity contribution in [2.75, 3.05) is 5.32 Å². The second kappa shape index (κ2) is 9.67. The van der Waals surface area contributed by atoms with Gasteiger partial charge in [-0.2, -0.15) is 0 Å². The SMILES string of the molecule is CC(C)NC(=O)Nc1ccccc1CN[C@@H](C)CC1CCCCC1. The largest absolute Gasteiger partial charge is 0.336 e.